The third kappa shape index (κ3) is 7.35. The van der Waals surface area contributed by atoms with Crippen molar-refractivity contribution in [3.63, 3.8) is 0 Å². The topological polar surface area (TPSA) is 183 Å². The number of hydrogen-bond donors (Lipinski definition) is 3. The standard InChI is InChI=1S/C41H55N3O12/c1-39(2,3)53-31(47)14-13-28(23-46)42-36(48)29-8-5-16-43(29)38(50)40-21-30-32-33(55-41(54-32,26-9-10-26)27-11-12-27)35(40)56-44(34(40)37(49)52-30)22-25-7-4-6-24(20-25)15-18-51-19-17-45/h4,6-7,15,18,20,26-30,32-35,45-46H,5,8-14,16-17,19,21-23H2,1-3H3,(H,42,48)/t28-,29+,30+,32-,33-,34-,35+,40-/m0/s1. The highest BCUT2D eigenvalue weighted by molar-refractivity contribution is 5.96. The lowest BCUT2D eigenvalue weighted by atomic mass is 9.62. The number of hydrogen-bond acceptors (Lipinski definition) is 13. The molecule has 0 radical (unpaired) electrons. The molecule has 7 aliphatic rings. The Bertz CT molecular complexity index is 1690. The summed E-state index contributed by atoms with van der Waals surface area (Å²) < 4.78 is 30.8. The number of aliphatic hydroxyl groups excluding tert-OH is 2. The summed E-state index contributed by atoms with van der Waals surface area (Å²) in [4.78, 5) is 64.4. The number of carbonyl (C=O) groups excluding carboxylic acids is 4. The maximum atomic E-state index is 15.4. The minimum Gasteiger partial charge on any atom is -0.499 e. The SMILES string of the molecule is CC(C)(C)OC(=O)CC[C@@H](CO)NC(=O)[C@H]1CCCN1C(=O)[C@@]12C[C@H]3OC(=O)[C@@H]1N(Cc1cccc(C=COCCO)c1)O[C@@H]2[C@H]1OC(C2CC2)(C2CC2)O[C@H]13. The number of rotatable bonds is 15. The first-order valence-electron chi connectivity index (χ1n) is 20.3. The molecule has 3 saturated carbocycles. The molecule has 306 valence electrons. The van der Waals surface area contributed by atoms with E-state index in [0.717, 1.165) is 36.8 Å². The molecule has 15 nitrogen and oxygen atoms in total. The quantitative estimate of drug-likeness (QED) is 0.134. The van der Waals surface area contributed by atoms with E-state index in [-0.39, 0.29) is 56.8 Å². The van der Waals surface area contributed by atoms with Gasteiger partial charge >= 0.3 is 11.9 Å². The number of carbonyl (C=O) groups is 4. The van der Waals surface area contributed by atoms with Gasteiger partial charge in [0.25, 0.3) is 0 Å². The third-order valence-corrected chi connectivity index (χ3v) is 12.2. The van der Waals surface area contributed by atoms with E-state index in [1.54, 1.807) is 36.8 Å². The van der Waals surface area contributed by atoms with Crippen LogP contribution in [0.25, 0.3) is 6.08 Å². The average Bonchev–Trinajstić information content (AvgIpc) is 4.08. The first kappa shape index (κ1) is 39.2. The summed E-state index contributed by atoms with van der Waals surface area (Å²) >= 11 is 0. The van der Waals surface area contributed by atoms with Crippen LogP contribution in [0.3, 0.4) is 0 Å². The van der Waals surface area contributed by atoms with Crippen molar-refractivity contribution in [2.75, 3.05) is 26.4 Å². The second-order valence-electron chi connectivity index (χ2n) is 17.5. The van der Waals surface area contributed by atoms with Crippen LogP contribution in [0.15, 0.2) is 30.5 Å². The Morgan fingerprint density at radius 2 is 1.82 bits per heavy atom. The molecule has 3 aliphatic carbocycles. The van der Waals surface area contributed by atoms with E-state index >= 15 is 4.79 Å². The Hall–Kier alpha value is -3.60. The van der Waals surface area contributed by atoms with Gasteiger partial charge in [0, 0.05) is 31.2 Å². The van der Waals surface area contributed by atoms with Crippen molar-refractivity contribution < 1.29 is 57.9 Å². The summed E-state index contributed by atoms with van der Waals surface area (Å²) in [5.74, 6) is -2.15. The summed E-state index contributed by atoms with van der Waals surface area (Å²) in [6, 6.07) is 4.92. The van der Waals surface area contributed by atoms with Crippen molar-refractivity contribution in [1.29, 1.82) is 0 Å². The molecule has 8 rings (SSSR count). The van der Waals surface area contributed by atoms with Crippen LogP contribution >= 0.6 is 0 Å². The molecule has 4 saturated heterocycles. The predicted molar refractivity (Wildman–Crippen MR) is 196 cm³/mol. The van der Waals surface area contributed by atoms with Gasteiger partial charge in [0.2, 0.25) is 11.8 Å². The molecule has 7 fully saturated rings. The van der Waals surface area contributed by atoms with Crippen LogP contribution in [0.2, 0.25) is 0 Å². The minimum absolute atomic E-state index is 0.00372. The maximum absolute atomic E-state index is 15.4. The van der Waals surface area contributed by atoms with E-state index in [0.29, 0.717) is 19.4 Å². The number of aliphatic hydroxyl groups is 2. The number of amides is 2. The van der Waals surface area contributed by atoms with Crippen molar-refractivity contribution in [2.45, 2.75) is 139 Å². The number of hydroxylamine groups is 2. The van der Waals surface area contributed by atoms with Gasteiger partial charge in [0.05, 0.1) is 32.1 Å². The number of nitrogens with one attached hydrogen (secondary N) is 1. The van der Waals surface area contributed by atoms with Gasteiger partial charge in [-0.3, -0.25) is 24.0 Å². The van der Waals surface area contributed by atoms with Crippen LogP contribution in [0.1, 0.15) is 89.7 Å². The van der Waals surface area contributed by atoms with Crippen molar-refractivity contribution >= 4 is 29.8 Å². The van der Waals surface area contributed by atoms with Crippen molar-refractivity contribution in [2.24, 2.45) is 17.3 Å². The molecule has 1 aromatic carbocycles. The minimum atomic E-state index is -1.43. The van der Waals surface area contributed by atoms with Crippen molar-refractivity contribution in [1.82, 2.24) is 15.3 Å². The molecular formula is C41H55N3O12. The fourth-order valence-electron chi connectivity index (χ4n) is 9.61. The zero-order valence-electron chi connectivity index (χ0n) is 32.4. The molecule has 0 aromatic heterocycles. The van der Waals surface area contributed by atoms with Gasteiger partial charge in [-0.1, -0.05) is 24.3 Å². The molecule has 15 heteroatoms. The van der Waals surface area contributed by atoms with Crippen LogP contribution in [0, 0.1) is 17.3 Å². The lowest BCUT2D eigenvalue weighted by Crippen LogP contribution is -2.70. The number of ether oxygens (including phenoxy) is 5. The largest absolute Gasteiger partial charge is 0.499 e. The van der Waals surface area contributed by atoms with E-state index in [4.69, 9.17) is 33.6 Å². The van der Waals surface area contributed by atoms with Gasteiger partial charge in [-0.2, -0.15) is 5.06 Å². The van der Waals surface area contributed by atoms with Crippen molar-refractivity contribution in [3.05, 3.63) is 41.7 Å². The third-order valence-electron chi connectivity index (χ3n) is 12.2. The van der Waals surface area contributed by atoms with Crippen LogP contribution in [-0.2, 0) is 54.2 Å². The monoisotopic (exact) mass is 781 g/mol. The molecular weight excluding hydrogens is 726 g/mol. The first-order chi connectivity index (χ1) is 26.9. The predicted octanol–water partition coefficient (Wildman–Crippen LogP) is 2.36. The van der Waals surface area contributed by atoms with E-state index < -0.39 is 83.8 Å². The fourth-order valence-corrected chi connectivity index (χ4v) is 9.61. The zero-order chi connectivity index (χ0) is 39.4. The van der Waals surface area contributed by atoms with Gasteiger partial charge in [-0.15, -0.1) is 0 Å². The second kappa shape index (κ2) is 15.3. The Kier molecular flexibility index (Phi) is 10.7. The van der Waals surface area contributed by atoms with Crippen LogP contribution in [-0.4, -0.2) is 124 Å². The molecule has 8 atom stereocenters. The van der Waals surface area contributed by atoms with E-state index in [9.17, 15) is 19.5 Å². The molecule has 4 aliphatic heterocycles. The summed E-state index contributed by atoms with van der Waals surface area (Å²) in [7, 11) is 0. The summed E-state index contributed by atoms with van der Waals surface area (Å²) in [5, 5.41) is 23.6. The van der Waals surface area contributed by atoms with E-state index in [2.05, 4.69) is 5.32 Å². The highest BCUT2D eigenvalue weighted by Crippen LogP contribution is 2.64. The lowest BCUT2D eigenvalue weighted by molar-refractivity contribution is -0.235. The number of nitrogens with zero attached hydrogens (tertiary/aromatic N) is 2. The summed E-state index contributed by atoms with van der Waals surface area (Å²) in [6.45, 7) is 5.46. The van der Waals surface area contributed by atoms with Gasteiger partial charge in [0.1, 0.15) is 48.1 Å². The number of likely N-dealkylation sites (tertiary alicyclic amines) is 1. The Morgan fingerprint density at radius 3 is 2.52 bits per heavy atom. The van der Waals surface area contributed by atoms with Crippen LogP contribution in [0.5, 0.6) is 0 Å². The normalized spacial score (nSPS) is 32.6. The Labute approximate surface area is 326 Å². The van der Waals surface area contributed by atoms with Gasteiger partial charge in [-0.05, 0) is 82.9 Å². The average molecular weight is 782 g/mol. The van der Waals surface area contributed by atoms with E-state index in [1.165, 1.54) is 6.26 Å². The number of benzene rings is 1. The molecule has 3 N–H and O–H groups in total. The van der Waals surface area contributed by atoms with Crippen LogP contribution in [0.4, 0.5) is 0 Å². The Balaban J connectivity index is 1.07. The smallest absolute Gasteiger partial charge is 0.327 e. The molecule has 2 amide bonds. The molecule has 2 bridgehead atoms. The molecule has 0 unspecified atom stereocenters. The summed E-state index contributed by atoms with van der Waals surface area (Å²) in [6.07, 6.45) is 5.60. The highest BCUT2D eigenvalue weighted by Gasteiger charge is 2.78. The van der Waals surface area contributed by atoms with E-state index in [1.807, 2.05) is 24.3 Å². The highest BCUT2D eigenvalue weighted by atomic mass is 16.8. The molecule has 1 aromatic rings. The van der Waals surface area contributed by atoms with Gasteiger partial charge < -0.3 is 44.1 Å². The molecule has 0 spiro atoms. The first-order valence-corrected chi connectivity index (χ1v) is 20.3. The molecule has 56 heavy (non-hydrogen) atoms. The van der Waals surface area contributed by atoms with Crippen LogP contribution < -0.4 is 5.32 Å². The Morgan fingerprint density at radius 1 is 1.07 bits per heavy atom. The van der Waals surface area contributed by atoms with Gasteiger partial charge in [0.15, 0.2) is 11.8 Å². The second-order valence-corrected chi connectivity index (χ2v) is 17.5. The molecule has 4 heterocycles. The van der Waals surface area contributed by atoms with Gasteiger partial charge in [-0.25, -0.2) is 0 Å². The number of fused-ring (bicyclic) bond motifs is 4. The lowest BCUT2D eigenvalue weighted by Gasteiger charge is -2.50. The number of esters is 2. The fraction of sp³-hybridized carbons (Fsp3) is 0.707. The summed E-state index contributed by atoms with van der Waals surface area (Å²) in [5.41, 5.74) is -0.444. The zero-order valence-corrected chi connectivity index (χ0v) is 32.4. The van der Waals surface area contributed by atoms with Crippen molar-refractivity contribution in [3.8, 4) is 0 Å². The maximum Gasteiger partial charge on any atom is 0.327 e.